The van der Waals surface area contributed by atoms with E-state index in [1.54, 1.807) is 0 Å². The first-order valence-corrected chi connectivity index (χ1v) is 13.2. The van der Waals surface area contributed by atoms with Crippen molar-refractivity contribution >= 4 is 28.8 Å². The van der Waals surface area contributed by atoms with Crippen LogP contribution in [0.3, 0.4) is 0 Å². The molecule has 7 nitrogen and oxygen atoms in total. The molecule has 0 bridgehead atoms. The highest BCUT2D eigenvalue weighted by molar-refractivity contribution is 7.97. The number of imidazole rings is 1. The van der Waals surface area contributed by atoms with Gasteiger partial charge in [-0.3, -0.25) is 9.12 Å². The fourth-order valence-corrected chi connectivity index (χ4v) is 7.24. The van der Waals surface area contributed by atoms with Crippen molar-refractivity contribution in [3.63, 3.8) is 0 Å². The summed E-state index contributed by atoms with van der Waals surface area (Å²) >= 11 is 3.00. The molecular formula is C23H24FN7S2. The maximum Gasteiger partial charge on any atom is 0.183 e. The van der Waals surface area contributed by atoms with E-state index in [9.17, 15) is 9.65 Å². The summed E-state index contributed by atoms with van der Waals surface area (Å²) in [6.45, 7) is 1.75. The summed E-state index contributed by atoms with van der Waals surface area (Å²) in [6, 6.07) is 4.70. The molecule has 3 aromatic rings. The van der Waals surface area contributed by atoms with E-state index in [1.807, 2.05) is 6.20 Å². The molecule has 0 aromatic carbocycles. The Labute approximate surface area is 199 Å². The SMILES string of the molecule is N#CC1(c2nnc(-c3ncc4c(C56CCNCC5C6)cc(SNC5(CF)CC5)cn34)s2)CC1. The number of nitriles is 1. The Bertz CT molecular complexity index is 1300. The van der Waals surface area contributed by atoms with Crippen LogP contribution < -0.4 is 10.0 Å². The second-order valence-corrected chi connectivity index (χ2v) is 12.0. The summed E-state index contributed by atoms with van der Waals surface area (Å²) < 4.78 is 19.0. The van der Waals surface area contributed by atoms with E-state index in [0.29, 0.717) is 5.92 Å². The van der Waals surface area contributed by atoms with Gasteiger partial charge in [-0.25, -0.2) is 9.37 Å². The number of halogens is 1. The molecule has 4 aliphatic rings. The molecule has 2 N–H and O–H groups in total. The lowest BCUT2D eigenvalue weighted by atomic mass is 9.87. The van der Waals surface area contributed by atoms with E-state index in [1.165, 1.54) is 35.3 Å². The van der Waals surface area contributed by atoms with Crippen molar-refractivity contribution in [1.82, 2.24) is 29.6 Å². The molecule has 33 heavy (non-hydrogen) atoms. The van der Waals surface area contributed by atoms with Crippen LogP contribution in [0, 0.1) is 17.2 Å². The number of hydrogen-bond donors (Lipinski definition) is 2. The first kappa shape index (κ1) is 20.3. The Hall–Kier alpha value is -2.06. The van der Waals surface area contributed by atoms with Crippen LogP contribution in [-0.2, 0) is 10.8 Å². The van der Waals surface area contributed by atoms with E-state index in [-0.39, 0.29) is 17.6 Å². The van der Waals surface area contributed by atoms with Crippen molar-refractivity contribution in [1.29, 1.82) is 5.26 Å². The monoisotopic (exact) mass is 481 g/mol. The highest BCUT2D eigenvalue weighted by Gasteiger charge is 2.57. The van der Waals surface area contributed by atoms with Gasteiger partial charge in [0.05, 0.1) is 23.3 Å². The number of fused-ring (bicyclic) bond motifs is 2. The van der Waals surface area contributed by atoms with E-state index in [0.717, 1.165) is 71.4 Å². The van der Waals surface area contributed by atoms with Crippen molar-refractivity contribution in [2.75, 3.05) is 19.8 Å². The zero-order valence-corrected chi connectivity index (χ0v) is 19.7. The number of piperidine rings is 1. The van der Waals surface area contributed by atoms with Gasteiger partial charge in [0.1, 0.15) is 17.1 Å². The Morgan fingerprint density at radius 1 is 1.30 bits per heavy atom. The molecule has 0 radical (unpaired) electrons. The normalized spacial score (nSPS) is 28.3. The van der Waals surface area contributed by atoms with Crippen LogP contribution in [0.1, 0.15) is 49.1 Å². The zero-order valence-electron chi connectivity index (χ0n) is 18.1. The fraction of sp³-hybridized carbons (Fsp3) is 0.565. The van der Waals surface area contributed by atoms with Crippen LogP contribution in [-0.4, -0.2) is 44.9 Å². The Kier molecular flexibility index (Phi) is 4.30. The van der Waals surface area contributed by atoms with Crippen LogP contribution in [0.4, 0.5) is 4.39 Å². The minimum Gasteiger partial charge on any atom is -0.316 e. The van der Waals surface area contributed by atoms with Crippen molar-refractivity contribution in [2.24, 2.45) is 5.92 Å². The molecule has 4 heterocycles. The predicted octanol–water partition coefficient (Wildman–Crippen LogP) is 3.76. The van der Waals surface area contributed by atoms with Gasteiger partial charge < -0.3 is 5.32 Å². The molecule has 0 amide bonds. The van der Waals surface area contributed by atoms with Gasteiger partial charge in [-0.2, -0.15) is 5.26 Å². The molecule has 10 heteroatoms. The lowest BCUT2D eigenvalue weighted by Gasteiger charge is -2.25. The van der Waals surface area contributed by atoms with Gasteiger partial charge in [-0.1, -0.05) is 11.3 Å². The minimum absolute atomic E-state index is 0.197. The zero-order chi connectivity index (χ0) is 22.3. The first-order chi connectivity index (χ1) is 16.1. The van der Waals surface area contributed by atoms with Crippen molar-refractivity contribution in [3.8, 4) is 16.9 Å². The van der Waals surface area contributed by atoms with E-state index in [4.69, 9.17) is 4.98 Å². The van der Waals surface area contributed by atoms with E-state index < -0.39 is 5.41 Å². The van der Waals surface area contributed by atoms with Gasteiger partial charge in [0.2, 0.25) is 0 Å². The van der Waals surface area contributed by atoms with Crippen LogP contribution in [0.5, 0.6) is 0 Å². The first-order valence-electron chi connectivity index (χ1n) is 11.6. The van der Waals surface area contributed by atoms with Gasteiger partial charge in [0.25, 0.3) is 0 Å². The van der Waals surface area contributed by atoms with Gasteiger partial charge in [0, 0.05) is 16.5 Å². The van der Waals surface area contributed by atoms with Crippen LogP contribution in [0.15, 0.2) is 23.4 Å². The maximum absolute atomic E-state index is 13.5. The van der Waals surface area contributed by atoms with Crippen molar-refractivity contribution in [3.05, 3.63) is 29.0 Å². The van der Waals surface area contributed by atoms with E-state index >= 15 is 0 Å². The second-order valence-electron chi connectivity index (χ2n) is 10.2. The van der Waals surface area contributed by atoms with Gasteiger partial charge in [0.15, 0.2) is 10.8 Å². The molecule has 0 spiro atoms. The molecule has 1 saturated heterocycles. The predicted molar refractivity (Wildman–Crippen MR) is 125 cm³/mol. The lowest BCUT2D eigenvalue weighted by Crippen LogP contribution is -2.31. The summed E-state index contributed by atoms with van der Waals surface area (Å²) in [5, 5.41) is 23.4. The molecule has 170 valence electrons. The Morgan fingerprint density at radius 3 is 2.91 bits per heavy atom. The number of hydrogen-bond acceptors (Lipinski definition) is 8. The van der Waals surface area contributed by atoms with Gasteiger partial charge in [-0.05, 0) is 81.1 Å². The standard InChI is InChI=1S/C23H24FN7S2/c24-12-22(3-4-22)30-33-15-7-16(23-5-6-26-9-14(23)8-23)17-10-27-18(31(17)11-15)19-28-29-20(32-19)21(13-25)1-2-21/h7,10-11,14,26,30H,1-6,8-9,12H2. The highest BCUT2D eigenvalue weighted by Crippen LogP contribution is 2.59. The summed E-state index contributed by atoms with van der Waals surface area (Å²) in [7, 11) is 0. The van der Waals surface area contributed by atoms with Crippen LogP contribution in [0.2, 0.25) is 0 Å². The maximum atomic E-state index is 13.5. The van der Waals surface area contributed by atoms with Crippen molar-refractivity contribution in [2.45, 2.75) is 59.8 Å². The molecule has 2 atom stereocenters. The van der Waals surface area contributed by atoms with E-state index in [2.05, 4.69) is 43.0 Å². The molecule has 7 rings (SSSR count). The van der Waals surface area contributed by atoms with Crippen LogP contribution in [0.25, 0.3) is 16.3 Å². The summed E-state index contributed by atoms with van der Waals surface area (Å²) in [5.41, 5.74) is 1.84. The average Bonchev–Trinajstić information content (AvgIpc) is 3.80. The third-order valence-electron chi connectivity index (χ3n) is 8.01. The summed E-state index contributed by atoms with van der Waals surface area (Å²) in [4.78, 5) is 5.84. The smallest absolute Gasteiger partial charge is 0.183 e. The average molecular weight is 482 g/mol. The summed E-state index contributed by atoms with van der Waals surface area (Å²) in [6.07, 6.45) is 9.83. The quantitative estimate of drug-likeness (QED) is 0.497. The largest absolute Gasteiger partial charge is 0.316 e. The fourth-order valence-electron chi connectivity index (χ4n) is 5.28. The number of alkyl halides is 1. The summed E-state index contributed by atoms with van der Waals surface area (Å²) in [5.74, 6) is 1.42. The van der Waals surface area contributed by atoms with Crippen molar-refractivity contribution < 1.29 is 4.39 Å². The minimum atomic E-state index is -0.445. The topological polar surface area (TPSA) is 90.9 Å². The van der Waals surface area contributed by atoms with Gasteiger partial charge >= 0.3 is 0 Å². The molecular weight excluding hydrogens is 457 g/mol. The second kappa shape index (κ2) is 6.98. The third-order valence-corrected chi connectivity index (χ3v) is 10.1. The highest BCUT2D eigenvalue weighted by atomic mass is 32.2. The molecule has 3 saturated carbocycles. The number of nitrogens with zero attached hydrogens (tertiary/aromatic N) is 5. The number of nitrogens with one attached hydrogen (secondary N) is 2. The third kappa shape index (κ3) is 3.09. The number of aromatic nitrogens is 4. The Balaban J connectivity index is 1.32. The lowest BCUT2D eigenvalue weighted by molar-refractivity contribution is 0.402. The molecule has 3 aromatic heterocycles. The Morgan fingerprint density at radius 2 is 2.18 bits per heavy atom. The number of pyridine rings is 1. The number of rotatable bonds is 7. The molecule has 1 aliphatic heterocycles. The molecule has 2 unspecified atom stereocenters. The van der Waals surface area contributed by atoms with Crippen LogP contribution >= 0.6 is 23.3 Å². The molecule has 3 aliphatic carbocycles. The molecule has 4 fully saturated rings. The van der Waals surface area contributed by atoms with Gasteiger partial charge in [-0.15, -0.1) is 10.2 Å².